The van der Waals surface area contributed by atoms with Crippen LogP contribution in [0.25, 0.3) is 0 Å². The van der Waals surface area contributed by atoms with E-state index in [1.807, 2.05) is 20.8 Å². The largest absolute Gasteiger partial charge is 0.381 e. The van der Waals surface area contributed by atoms with Gasteiger partial charge in [-0.3, -0.25) is 9.97 Å². The monoisotopic (exact) mass is 317 g/mol. The zero-order valence-corrected chi connectivity index (χ0v) is 13.6. The number of nitrogens with one attached hydrogen (secondary N) is 1. The summed E-state index contributed by atoms with van der Waals surface area (Å²) in [4.78, 5) is 8.55. The molecule has 0 aliphatic rings. The number of allylic oxidation sites excluding steroid dienone is 1. The van der Waals surface area contributed by atoms with Crippen molar-refractivity contribution in [2.45, 2.75) is 39.2 Å². The lowest BCUT2D eigenvalue weighted by molar-refractivity contribution is 0.565. The summed E-state index contributed by atoms with van der Waals surface area (Å²) >= 11 is 0. The molecular formula is C18H21F2N3. The van der Waals surface area contributed by atoms with Crippen LogP contribution in [-0.2, 0) is 0 Å². The Morgan fingerprint density at radius 1 is 1.13 bits per heavy atom. The predicted molar refractivity (Wildman–Crippen MR) is 86.8 cm³/mol. The molecule has 2 aromatic rings. The zero-order valence-electron chi connectivity index (χ0n) is 13.6. The van der Waals surface area contributed by atoms with Crippen molar-refractivity contribution in [2.75, 3.05) is 0 Å². The zero-order chi connectivity index (χ0) is 17.0. The highest BCUT2D eigenvalue weighted by atomic mass is 19.1. The van der Waals surface area contributed by atoms with Gasteiger partial charge in [0.2, 0.25) is 0 Å². The van der Waals surface area contributed by atoms with E-state index >= 15 is 0 Å². The lowest BCUT2D eigenvalue weighted by Gasteiger charge is -2.20. The third kappa shape index (κ3) is 4.84. The van der Waals surface area contributed by atoms with Gasteiger partial charge in [0.05, 0.1) is 23.6 Å². The number of aromatic nitrogens is 2. The summed E-state index contributed by atoms with van der Waals surface area (Å²) in [5, 5.41) is 3.26. The van der Waals surface area contributed by atoms with Gasteiger partial charge in [-0.05, 0) is 43.9 Å². The highest BCUT2D eigenvalue weighted by Gasteiger charge is 2.13. The third-order valence-electron chi connectivity index (χ3n) is 3.67. The van der Waals surface area contributed by atoms with Crippen molar-refractivity contribution >= 4 is 0 Å². The fraction of sp³-hybridized carbons (Fsp3) is 0.333. The average molecular weight is 317 g/mol. The molecule has 0 amide bonds. The summed E-state index contributed by atoms with van der Waals surface area (Å²) in [5.41, 5.74) is 3.09. The summed E-state index contributed by atoms with van der Waals surface area (Å²) < 4.78 is 26.6. The number of hydrogen-bond donors (Lipinski definition) is 1. The van der Waals surface area contributed by atoms with Crippen LogP contribution in [0.4, 0.5) is 8.78 Å². The molecule has 0 aliphatic carbocycles. The van der Waals surface area contributed by atoms with Gasteiger partial charge in [-0.25, -0.2) is 8.78 Å². The van der Waals surface area contributed by atoms with Gasteiger partial charge in [0.15, 0.2) is 0 Å². The number of nitrogens with zero attached hydrogens (tertiary/aromatic N) is 2. The van der Waals surface area contributed by atoms with Gasteiger partial charge in [0.1, 0.15) is 11.6 Å². The Hall–Kier alpha value is -2.30. The fourth-order valence-electron chi connectivity index (χ4n) is 2.41. The molecule has 2 atom stereocenters. The van der Waals surface area contributed by atoms with Crippen molar-refractivity contribution in [2.24, 2.45) is 0 Å². The lowest BCUT2D eigenvalue weighted by atomic mass is 9.96. The Morgan fingerprint density at radius 3 is 2.35 bits per heavy atom. The van der Waals surface area contributed by atoms with Crippen LogP contribution in [0, 0.1) is 18.6 Å². The maximum absolute atomic E-state index is 13.3. The van der Waals surface area contributed by atoms with Crippen molar-refractivity contribution < 1.29 is 8.78 Å². The average Bonchev–Trinajstić information content (AvgIpc) is 2.46. The SMILES string of the molecule is C=C(CC(C)c1cc(F)cc(F)c1)NC(C)c1cnc(C)cn1. The Kier molecular flexibility index (Phi) is 5.42. The number of rotatable bonds is 6. The highest BCUT2D eigenvalue weighted by molar-refractivity contribution is 5.23. The molecule has 1 aromatic carbocycles. The van der Waals surface area contributed by atoms with E-state index < -0.39 is 11.6 Å². The van der Waals surface area contributed by atoms with Crippen molar-refractivity contribution in [3.05, 3.63) is 71.5 Å². The number of aryl methyl sites for hydroxylation is 1. The minimum Gasteiger partial charge on any atom is -0.381 e. The van der Waals surface area contributed by atoms with Crippen LogP contribution in [0.3, 0.4) is 0 Å². The maximum atomic E-state index is 13.3. The number of benzene rings is 1. The minimum atomic E-state index is -0.561. The Morgan fingerprint density at radius 2 is 1.78 bits per heavy atom. The highest BCUT2D eigenvalue weighted by Crippen LogP contribution is 2.24. The molecule has 0 saturated heterocycles. The first-order valence-corrected chi connectivity index (χ1v) is 7.54. The van der Waals surface area contributed by atoms with E-state index in [2.05, 4.69) is 21.9 Å². The first kappa shape index (κ1) is 17.1. The summed E-state index contributed by atoms with van der Waals surface area (Å²) in [6.45, 7) is 9.77. The van der Waals surface area contributed by atoms with E-state index in [9.17, 15) is 8.78 Å². The summed E-state index contributed by atoms with van der Waals surface area (Å²) in [6, 6.07) is 3.56. The molecular weight excluding hydrogens is 296 g/mol. The normalized spacial score (nSPS) is 13.4. The van der Waals surface area contributed by atoms with Gasteiger partial charge in [-0.2, -0.15) is 0 Å². The summed E-state index contributed by atoms with van der Waals surface area (Å²) in [6.07, 6.45) is 4.02. The Balaban J connectivity index is 1.97. The second-order valence-corrected chi connectivity index (χ2v) is 5.86. The first-order valence-electron chi connectivity index (χ1n) is 7.54. The van der Waals surface area contributed by atoms with Crippen LogP contribution in [0.5, 0.6) is 0 Å². The quantitative estimate of drug-likeness (QED) is 0.857. The van der Waals surface area contributed by atoms with Crippen LogP contribution in [-0.4, -0.2) is 9.97 Å². The number of hydrogen-bond acceptors (Lipinski definition) is 3. The Bertz CT molecular complexity index is 663. The van der Waals surface area contributed by atoms with Crippen molar-refractivity contribution in [1.29, 1.82) is 0 Å². The minimum absolute atomic E-state index is 0.0351. The maximum Gasteiger partial charge on any atom is 0.126 e. The van der Waals surface area contributed by atoms with Crippen LogP contribution in [0.1, 0.15) is 49.2 Å². The molecule has 1 N–H and O–H groups in total. The standard InChI is InChI=1S/C18H21F2N3/c1-11(15-6-16(19)8-17(20)7-15)5-12(2)23-14(4)18-10-21-13(3)9-22-18/h6-11,14,23H,2,5H2,1,3-4H3. The van der Waals surface area contributed by atoms with Crippen LogP contribution >= 0.6 is 0 Å². The molecule has 0 aliphatic heterocycles. The van der Waals surface area contributed by atoms with Crippen molar-refractivity contribution in [1.82, 2.24) is 15.3 Å². The smallest absolute Gasteiger partial charge is 0.126 e. The second kappa shape index (κ2) is 7.31. The summed E-state index contributed by atoms with van der Waals surface area (Å²) in [7, 11) is 0. The fourth-order valence-corrected chi connectivity index (χ4v) is 2.41. The van der Waals surface area contributed by atoms with E-state index in [1.54, 1.807) is 12.4 Å². The third-order valence-corrected chi connectivity index (χ3v) is 3.67. The summed E-state index contributed by atoms with van der Waals surface area (Å²) in [5.74, 6) is -1.17. The molecule has 5 heteroatoms. The molecule has 2 unspecified atom stereocenters. The predicted octanol–water partition coefficient (Wildman–Crippen LogP) is 4.42. The molecule has 0 bridgehead atoms. The van der Waals surface area contributed by atoms with E-state index in [-0.39, 0.29) is 12.0 Å². The molecule has 3 nitrogen and oxygen atoms in total. The van der Waals surface area contributed by atoms with E-state index in [1.165, 1.54) is 12.1 Å². The van der Waals surface area contributed by atoms with Gasteiger partial charge in [-0.1, -0.05) is 13.5 Å². The lowest BCUT2D eigenvalue weighted by Crippen LogP contribution is -2.20. The van der Waals surface area contributed by atoms with E-state index in [4.69, 9.17) is 0 Å². The van der Waals surface area contributed by atoms with Crippen LogP contribution < -0.4 is 5.32 Å². The molecule has 0 fully saturated rings. The van der Waals surface area contributed by atoms with Crippen molar-refractivity contribution in [3.8, 4) is 0 Å². The second-order valence-electron chi connectivity index (χ2n) is 5.86. The molecule has 1 heterocycles. The molecule has 0 spiro atoms. The van der Waals surface area contributed by atoms with Crippen LogP contribution in [0.2, 0.25) is 0 Å². The topological polar surface area (TPSA) is 37.8 Å². The van der Waals surface area contributed by atoms with Gasteiger partial charge in [-0.15, -0.1) is 0 Å². The van der Waals surface area contributed by atoms with Crippen molar-refractivity contribution in [3.63, 3.8) is 0 Å². The van der Waals surface area contributed by atoms with Gasteiger partial charge < -0.3 is 5.32 Å². The molecule has 1 aromatic heterocycles. The molecule has 0 radical (unpaired) electrons. The molecule has 122 valence electrons. The molecule has 2 rings (SSSR count). The van der Waals surface area contributed by atoms with E-state index in [0.29, 0.717) is 12.0 Å². The number of halogens is 2. The first-order chi connectivity index (χ1) is 10.8. The van der Waals surface area contributed by atoms with Gasteiger partial charge in [0, 0.05) is 18.0 Å². The van der Waals surface area contributed by atoms with Crippen LogP contribution in [0.15, 0.2) is 42.9 Å². The van der Waals surface area contributed by atoms with E-state index in [0.717, 1.165) is 23.2 Å². The van der Waals surface area contributed by atoms with Gasteiger partial charge >= 0.3 is 0 Å². The van der Waals surface area contributed by atoms with Gasteiger partial charge in [0.25, 0.3) is 0 Å². The molecule has 0 saturated carbocycles. The molecule has 23 heavy (non-hydrogen) atoms. The Labute approximate surface area is 135 Å².